The minimum atomic E-state index is -1.16. The second-order valence-electron chi connectivity index (χ2n) is 11.7. The predicted octanol–water partition coefficient (Wildman–Crippen LogP) is 4.27. The first-order valence-corrected chi connectivity index (χ1v) is 13.7. The Morgan fingerprint density at radius 1 is 0.878 bits per heavy atom. The lowest BCUT2D eigenvalue weighted by atomic mass is 10.0. The first-order chi connectivity index (χ1) is 19.1. The third-order valence-electron chi connectivity index (χ3n) is 5.63. The zero-order valence-electron chi connectivity index (χ0n) is 25.0. The minimum Gasteiger partial charge on any atom is -0.508 e. The van der Waals surface area contributed by atoms with Gasteiger partial charge in [0.2, 0.25) is 11.8 Å². The molecule has 0 aliphatic heterocycles. The second-order valence-corrected chi connectivity index (χ2v) is 11.7. The molecular weight excluding hydrogens is 526 g/mol. The van der Waals surface area contributed by atoms with Crippen molar-refractivity contribution >= 4 is 23.9 Å². The van der Waals surface area contributed by atoms with Crippen LogP contribution in [-0.2, 0) is 30.3 Å². The van der Waals surface area contributed by atoms with Gasteiger partial charge in [-0.25, -0.2) is 9.59 Å². The summed E-state index contributed by atoms with van der Waals surface area (Å²) in [7, 11) is 0. The van der Waals surface area contributed by atoms with E-state index in [0.29, 0.717) is 12.0 Å². The van der Waals surface area contributed by atoms with Crippen molar-refractivity contribution in [2.45, 2.75) is 84.6 Å². The number of amides is 3. The van der Waals surface area contributed by atoms with Crippen molar-refractivity contribution in [1.82, 2.24) is 15.5 Å². The average molecular weight is 570 g/mol. The number of rotatable bonds is 11. The Bertz CT molecular complexity index is 1170. The molecule has 0 aliphatic carbocycles. The van der Waals surface area contributed by atoms with Gasteiger partial charge in [-0.2, -0.15) is 0 Å². The fourth-order valence-electron chi connectivity index (χ4n) is 4.00. The minimum absolute atomic E-state index is 0.0106. The number of aromatic hydroxyl groups is 1. The Morgan fingerprint density at radius 2 is 1.46 bits per heavy atom. The van der Waals surface area contributed by atoms with E-state index >= 15 is 0 Å². The zero-order valence-corrected chi connectivity index (χ0v) is 25.0. The van der Waals surface area contributed by atoms with E-state index in [0.717, 1.165) is 5.56 Å². The van der Waals surface area contributed by atoms with Crippen LogP contribution in [0.3, 0.4) is 0 Å². The van der Waals surface area contributed by atoms with Gasteiger partial charge in [-0.05, 0) is 71.2 Å². The Morgan fingerprint density at radius 3 is 2.00 bits per heavy atom. The van der Waals surface area contributed by atoms with Crippen molar-refractivity contribution in [3.05, 3.63) is 65.7 Å². The van der Waals surface area contributed by atoms with E-state index in [1.54, 1.807) is 41.5 Å². The molecule has 10 heteroatoms. The summed E-state index contributed by atoms with van der Waals surface area (Å²) in [6.07, 6.45) is -0.0774. The molecule has 0 radical (unpaired) electrons. The summed E-state index contributed by atoms with van der Waals surface area (Å²) < 4.78 is 10.8. The van der Waals surface area contributed by atoms with Crippen LogP contribution < -0.4 is 10.6 Å². The molecule has 0 spiro atoms. The summed E-state index contributed by atoms with van der Waals surface area (Å²) in [6, 6.07) is 12.9. The number of carbonyl (C=O) groups excluding carboxylic acids is 4. The topological polar surface area (TPSA) is 134 Å². The van der Waals surface area contributed by atoms with Gasteiger partial charge in [0.25, 0.3) is 0 Å². The van der Waals surface area contributed by atoms with Crippen LogP contribution in [0.5, 0.6) is 5.75 Å². The molecule has 224 valence electrons. The molecule has 0 bridgehead atoms. The molecule has 2 unspecified atom stereocenters. The first kappa shape index (κ1) is 33.1. The fourth-order valence-corrected chi connectivity index (χ4v) is 4.00. The lowest BCUT2D eigenvalue weighted by molar-refractivity contribution is -0.159. The van der Waals surface area contributed by atoms with E-state index < -0.39 is 53.7 Å². The van der Waals surface area contributed by atoms with E-state index in [4.69, 9.17) is 9.47 Å². The van der Waals surface area contributed by atoms with Gasteiger partial charge in [0.1, 0.15) is 35.6 Å². The fraction of sp³-hybridized carbons (Fsp3) is 0.484. The summed E-state index contributed by atoms with van der Waals surface area (Å²) in [5, 5.41) is 15.1. The third kappa shape index (κ3) is 11.5. The molecule has 2 rings (SSSR count). The number of phenols is 1. The molecular formula is C31H43N3O7. The van der Waals surface area contributed by atoms with Crippen LogP contribution in [-0.4, -0.2) is 64.2 Å². The van der Waals surface area contributed by atoms with E-state index in [9.17, 15) is 24.3 Å². The number of nitrogens with zero attached hydrogens (tertiary/aromatic N) is 1. The van der Waals surface area contributed by atoms with Gasteiger partial charge < -0.3 is 30.1 Å². The smallest absolute Gasteiger partial charge is 0.408 e. The standard InChI is InChI=1S/C31H43N3O7/c1-8-18-34(25(36)20-32-29(39)41-31(5,6)7)26(22-14-16-23(35)17-15-22)27(37)33-24(28(38)40-30(2,3)4)19-21-12-10-9-11-13-21/h9-17,24,26,35H,8,18-20H2,1-7H3,(H,32,39)(H,33,37). The number of phenolic OH excluding ortho intramolecular Hbond substituents is 1. The maximum atomic E-state index is 14.0. The Balaban J connectivity index is 2.41. The van der Waals surface area contributed by atoms with Crippen LogP contribution >= 0.6 is 0 Å². The first-order valence-electron chi connectivity index (χ1n) is 13.7. The van der Waals surface area contributed by atoms with Crippen molar-refractivity contribution in [3.8, 4) is 5.75 Å². The lowest BCUT2D eigenvalue weighted by Gasteiger charge is -2.33. The number of hydrogen-bond acceptors (Lipinski definition) is 7. The van der Waals surface area contributed by atoms with Gasteiger partial charge >= 0.3 is 12.1 Å². The third-order valence-corrected chi connectivity index (χ3v) is 5.63. The SMILES string of the molecule is CCCN(C(=O)CNC(=O)OC(C)(C)C)C(C(=O)NC(Cc1ccccc1)C(=O)OC(C)(C)C)c1ccc(O)cc1. The van der Waals surface area contributed by atoms with Gasteiger partial charge in [0, 0.05) is 13.0 Å². The Hall–Kier alpha value is -4.08. The summed E-state index contributed by atoms with van der Waals surface area (Å²) in [4.78, 5) is 54.1. The lowest BCUT2D eigenvalue weighted by Crippen LogP contribution is -2.52. The van der Waals surface area contributed by atoms with Crippen molar-refractivity contribution < 1.29 is 33.8 Å². The molecule has 0 aromatic heterocycles. The van der Waals surface area contributed by atoms with E-state index in [2.05, 4.69) is 10.6 Å². The molecule has 2 aromatic carbocycles. The number of benzene rings is 2. The highest BCUT2D eigenvalue weighted by atomic mass is 16.6. The van der Waals surface area contributed by atoms with Gasteiger partial charge in [-0.15, -0.1) is 0 Å². The number of carbonyl (C=O) groups is 4. The summed E-state index contributed by atoms with van der Waals surface area (Å²) in [6.45, 7) is 12.0. The molecule has 10 nitrogen and oxygen atoms in total. The van der Waals surface area contributed by atoms with Gasteiger partial charge in [0.05, 0.1) is 0 Å². The highest BCUT2D eigenvalue weighted by molar-refractivity contribution is 5.92. The van der Waals surface area contributed by atoms with Crippen molar-refractivity contribution in [2.75, 3.05) is 13.1 Å². The van der Waals surface area contributed by atoms with E-state index in [1.165, 1.54) is 29.2 Å². The molecule has 0 saturated heterocycles. The number of esters is 1. The quantitative estimate of drug-likeness (QED) is 0.344. The molecule has 0 aliphatic rings. The average Bonchev–Trinajstić information content (AvgIpc) is 2.86. The monoisotopic (exact) mass is 569 g/mol. The van der Waals surface area contributed by atoms with Crippen molar-refractivity contribution in [3.63, 3.8) is 0 Å². The molecule has 3 N–H and O–H groups in total. The normalized spacial score (nSPS) is 13.0. The molecule has 2 atom stereocenters. The molecule has 3 amide bonds. The van der Waals surface area contributed by atoms with Crippen LogP contribution in [0.1, 0.15) is 72.1 Å². The van der Waals surface area contributed by atoms with Crippen molar-refractivity contribution in [1.29, 1.82) is 0 Å². The number of nitrogens with one attached hydrogen (secondary N) is 2. The number of ether oxygens (including phenoxy) is 2. The Kier molecular flexibility index (Phi) is 11.7. The molecule has 2 aromatic rings. The molecule has 0 saturated carbocycles. The second kappa shape index (κ2) is 14.5. The summed E-state index contributed by atoms with van der Waals surface area (Å²) in [5.41, 5.74) is -0.306. The van der Waals surface area contributed by atoms with Gasteiger partial charge in [-0.3, -0.25) is 9.59 Å². The van der Waals surface area contributed by atoms with Gasteiger partial charge in [-0.1, -0.05) is 49.4 Å². The predicted molar refractivity (Wildman–Crippen MR) is 155 cm³/mol. The van der Waals surface area contributed by atoms with E-state index in [-0.39, 0.29) is 18.7 Å². The summed E-state index contributed by atoms with van der Waals surface area (Å²) >= 11 is 0. The molecule has 41 heavy (non-hydrogen) atoms. The van der Waals surface area contributed by atoms with Gasteiger partial charge in [0.15, 0.2) is 0 Å². The van der Waals surface area contributed by atoms with Crippen LogP contribution in [0.4, 0.5) is 4.79 Å². The van der Waals surface area contributed by atoms with Crippen LogP contribution in [0.2, 0.25) is 0 Å². The largest absolute Gasteiger partial charge is 0.508 e. The van der Waals surface area contributed by atoms with Crippen LogP contribution in [0.15, 0.2) is 54.6 Å². The number of alkyl carbamates (subject to hydrolysis) is 1. The molecule has 0 fully saturated rings. The maximum absolute atomic E-state index is 14.0. The van der Waals surface area contributed by atoms with E-state index in [1.807, 2.05) is 37.3 Å². The van der Waals surface area contributed by atoms with Crippen LogP contribution in [0.25, 0.3) is 0 Å². The molecule has 0 heterocycles. The Labute approximate surface area is 242 Å². The highest BCUT2D eigenvalue weighted by Crippen LogP contribution is 2.25. The zero-order chi connectivity index (χ0) is 30.8. The van der Waals surface area contributed by atoms with Crippen LogP contribution in [0, 0.1) is 0 Å². The highest BCUT2D eigenvalue weighted by Gasteiger charge is 2.35. The maximum Gasteiger partial charge on any atom is 0.408 e. The summed E-state index contributed by atoms with van der Waals surface area (Å²) in [5.74, 6) is -1.76. The van der Waals surface area contributed by atoms with Crippen molar-refractivity contribution in [2.24, 2.45) is 0 Å². The number of hydrogen-bond donors (Lipinski definition) is 3.